The topological polar surface area (TPSA) is 79.1 Å². The number of hydrogen-bond acceptors (Lipinski definition) is 7. The van der Waals surface area contributed by atoms with Gasteiger partial charge in [-0.25, -0.2) is 9.79 Å². The smallest absolute Gasteiger partial charge is 0.338 e. The van der Waals surface area contributed by atoms with E-state index < -0.39 is 12.0 Å². The van der Waals surface area contributed by atoms with Crippen LogP contribution in [-0.2, 0) is 16.1 Å². The monoisotopic (exact) mass is 640 g/mol. The third-order valence-corrected chi connectivity index (χ3v) is 9.39. The summed E-state index contributed by atoms with van der Waals surface area (Å²) in [5.74, 6) is 0.698. The van der Waals surface area contributed by atoms with E-state index >= 15 is 0 Å². The molecule has 0 bridgehead atoms. The van der Waals surface area contributed by atoms with Gasteiger partial charge in [0.1, 0.15) is 24.1 Å². The summed E-state index contributed by atoms with van der Waals surface area (Å²) in [6.07, 6.45) is 1.84. The van der Waals surface area contributed by atoms with Crippen molar-refractivity contribution in [2.24, 2.45) is 4.99 Å². The molecule has 0 saturated heterocycles. The summed E-state index contributed by atoms with van der Waals surface area (Å²) >= 11 is 1.28. The molecule has 0 aliphatic carbocycles. The minimum atomic E-state index is -0.814. The highest BCUT2D eigenvalue weighted by Crippen LogP contribution is 2.40. The highest BCUT2D eigenvalue weighted by atomic mass is 32.1. The van der Waals surface area contributed by atoms with Gasteiger partial charge >= 0.3 is 5.97 Å². The van der Waals surface area contributed by atoms with E-state index in [0.29, 0.717) is 44.3 Å². The van der Waals surface area contributed by atoms with Gasteiger partial charge in [-0.2, -0.15) is 0 Å². The second kappa shape index (κ2) is 12.7. The number of ether oxygens (including phenoxy) is 3. The van der Waals surface area contributed by atoms with Gasteiger partial charge in [0.2, 0.25) is 0 Å². The third-order valence-electron chi connectivity index (χ3n) is 8.41. The first-order valence-electron chi connectivity index (χ1n) is 15.4. The van der Waals surface area contributed by atoms with Crippen LogP contribution in [0.1, 0.15) is 36.6 Å². The molecule has 7 rings (SSSR count). The van der Waals surface area contributed by atoms with E-state index in [1.165, 1.54) is 11.3 Å². The number of allylic oxidation sites excluding steroid dienone is 1. The van der Waals surface area contributed by atoms with Gasteiger partial charge in [0.05, 0.1) is 29.5 Å². The molecule has 1 atom stereocenters. The molecule has 7 nitrogen and oxygen atoms in total. The molecule has 0 unspecified atom stereocenters. The quantitative estimate of drug-likeness (QED) is 0.173. The fourth-order valence-corrected chi connectivity index (χ4v) is 7.28. The van der Waals surface area contributed by atoms with Crippen LogP contribution in [0.15, 0.2) is 124 Å². The SMILES string of the molecule is CCOC(=O)C1=C(C)N=c2s/c(=C\c3ccccc3OCc3cccc4ccccc34)c(=O)n2[C@@H]1c1c(OC)ccc2ccccc12. The van der Waals surface area contributed by atoms with E-state index in [9.17, 15) is 9.59 Å². The molecule has 0 spiro atoms. The average Bonchev–Trinajstić information content (AvgIpc) is 3.40. The summed E-state index contributed by atoms with van der Waals surface area (Å²) in [6, 6.07) is 33.0. The largest absolute Gasteiger partial charge is 0.496 e. The van der Waals surface area contributed by atoms with Crippen LogP contribution < -0.4 is 24.4 Å². The molecule has 6 aromatic rings. The molecule has 2 heterocycles. The lowest BCUT2D eigenvalue weighted by atomic mass is 9.90. The number of rotatable bonds is 8. The lowest BCUT2D eigenvalue weighted by Crippen LogP contribution is -2.40. The molecule has 0 amide bonds. The maximum absolute atomic E-state index is 14.4. The first-order chi connectivity index (χ1) is 23.0. The Hall–Kier alpha value is -5.47. The van der Waals surface area contributed by atoms with E-state index in [1.807, 2.05) is 84.9 Å². The number of benzene rings is 5. The Morgan fingerprint density at radius 1 is 0.872 bits per heavy atom. The molecule has 1 aliphatic rings. The van der Waals surface area contributed by atoms with Crippen LogP contribution in [0, 0.1) is 0 Å². The Balaban J connectivity index is 1.37. The van der Waals surface area contributed by atoms with Crippen molar-refractivity contribution in [1.29, 1.82) is 0 Å². The maximum atomic E-state index is 14.4. The van der Waals surface area contributed by atoms with E-state index in [4.69, 9.17) is 19.2 Å². The highest BCUT2D eigenvalue weighted by molar-refractivity contribution is 7.07. The van der Waals surface area contributed by atoms with E-state index in [1.54, 1.807) is 25.5 Å². The Bertz CT molecular complexity index is 2380. The van der Waals surface area contributed by atoms with Crippen molar-refractivity contribution in [2.45, 2.75) is 26.5 Å². The number of fused-ring (bicyclic) bond motifs is 3. The summed E-state index contributed by atoms with van der Waals surface area (Å²) in [5, 5.41) is 4.12. The zero-order chi connectivity index (χ0) is 32.5. The zero-order valence-corrected chi connectivity index (χ0v) is 27.0. The molecular formula is C39H32N2O5S. The highest BCUT2D eigenvalue weighted by Gasteiger charge is 2.36. The predicted molar refractivity (Wildman–Crippen MR) is 186 cm³/mol. The number of nitrogens with zero attached hydrogens (tertiary/aromatic N) is 2. The van der Waals surface area contributed by atoms with Crippen molar-refractivity contribution in [3.8, 4) is 11.5 Å². The number of hydrogen-bond donors (Lipinski definition) is 0. The van der Waals surface area contributed by atoms with Gasteiger partial charge < -0.3 is 14.2 Å². The fourth-order valence-electron chi connectivity index (χ4n) is 6.25. The predicted octanol–water partition coefficient (Wildman–Crippen LogP) is 6.69. The van der Waals surface area contributed by atoms with Crippen molar-refractivity contribution in [3.63, 3.8) is 0 Å². The van der Waals surface area contributed by atoms with Gasteiger partial charge in [-0.1, -0.05) is 102 Å². The van der Waals surface area contributed by atoms with E-state index in [2.05, 4.69) is 24.3 Å². The maximum Gasteiger partial charge on any atom is 0.338 e. The number of para-hydroxylation sites is 1. The van der Waals surface area contributed by atoms with Gasteiger partial charge in [-0.15, -0.1) is 0 Å². The average molecular weight is 641 g/mol. The Morgan fingerprint density at radius 2 is 1.57 bits per heavy atom. The number of thiazole rings is 1. The van der Waals surface area contributed by atoms with Crippen LogP contribution in [-0.4, -0.2) is 24.3 Å². The number of carbonyl (C=O) groups excluding carboxylic acids is 1. The Labute approximate surface area is 275 Å². The van der Waals surface area contributed by atoms with E-state index in [0.717, 1.165) is 32.7 Å². The van der Waals surface area contributed by atoms with Gasteiger partial charge in [0.25, 0.3) is 5.56 Å². The molecule has 0 fully saturated rings. The van der Waals surface area contributed by atoms with Gasteiger partial charge in [0.15, 0.2) is 4.80 Å². The van der Waals surface area contributed by atoms with Gasteiger partial charge in [0, 0.05) is 11.1 Å². The standard InChI is InChI=1S/C39H32N2O5S/c1-4-45-38(43)34-24(2)40-39-41(36(34)35-30-18-9-6-13-26(30)20-21-32(35)44-3)37(42)33(47-39)22-27-14-7-10-19-31(27)46-23-28-16-11-15-25-12-5-8-17-29(25)28/h5-22,36H,4,23H2,1-3H3/b33-22-/t36-/m0/s1. The number of methoxy groups -OCH3 is 1. The molecule has 0 radical (unpaired) electrons. The first kappa shape index (κ1) is 30.2. The van der Waals surface area contributed by atoms with Crippen molar-refractivity contribution in [1.82, 2.24) is 4.57 Å². The summed E-state index contributed by atoms with van der Waals surface area (Å²) in [6.45, 7) is 4.10. The molecule has 0 N–H and O–H groups in total. The van der Waals surface area contributed by atoms with Crippen LogP contribution >= 0.6 is 11.3 Å². The summed E-state index contributed by atoms with van der Waals surface area (Å²) in [4.78, 5) is 33.2. The summed E-state index contributed by atoms with van der Waals surface area (Å²) in [5.41, 5.74) is 3.07. The second-order valence-corrected chi connectivity index (χ2v) is 12.2. The second-order valence-electron chi connectivity index (χ2n) is 11.2. The summed E-state index contributed by atoms with van der Waals surface area (Å²) in [7, 11) is 1.59. The first-order valence-corrected chi connectivity index (χ1v) is 16.2. The lowest BCUT2D eigenvalue weighted by molar-refractivity contribution is -0.139. The Kier molecular flexibility index (Phi) is 8.18. The molecular weight excluding hydrogens is 609 g/mol. The third kappa shape index (κ3) is 5.51. The number of aromatic nitrogens is 1. The number of carbonyl (C=O) groups is 1. The molecule has 0 saturated carbocycles. The molecule has 234 valence electrons. The fraction of sp³-hybridized carbons (Fsp3) is 0.154. The van der Waals surface area contributed by atoms with Crippen molar-refractivity contribution < 1.29 is 19.0 Å². The lowest BCUT2D eigenvalue weighted by Gasteiger charge is -2.27. The van der Waals surface area contributed by atoms with Crippen molar-refractivity contribution >= 4 is 44.9 Å². The minimum Gasteiger partial charge on any atom is -0.496 e. The van der Waals surface area contributed by atoms with Crippen molar-refractivity contribution in [3.05, 3.63) is 151 Å². The van der Waals surface area contributed by atoms with Crippen molar-refractivity contribution in [2.75, 3.05) is 13.7 Å². The summed E-state index contributed by atoms with van der Waals surface area (Å²) < 4.78 is 19.8. The molecule has 47 heavy (non-hydrogen) atoms. The van der Waals surface area contributed by atoms with Crippen LogP contribution in [0.3, 0.4) is 0 Å². The normalized spacial score (nSPS) is 14.6. The van der Waals surface area contributed by atoms with E-state index in [-0.39, 0.29) is 12.2 Å². The van der Waals surface area contributed by atoms with Gasteiger partial charge in [-0.05, 0) is 59.2 Å². The Morgan fingerprint density at radius 3 is 2.36 bits per heavy atom. The molecule has 1 aromatic heterocycles. The van der Waals surface area contributed by atoms with Crippen LogP contribution in [0.2, 0.25) is 0 Å². The zero-order valence-electron chi connectivity index (χ0n) is 26.2. The molecule has 8 heteroatoms. The minimum absolute atomic E-state index is 0.189. The van der Waals surface area contributed by atoms with Crippen LogP contribution in [0.5, 0.6) is 11.5 Å². The van der Waals surface area contributed by atoms with Gasteiger partial charge in [-0.3, -0.25) is 9.36 Å². The number of esters is 1. The molecule has 5 aromatic carbocycles. The van der Waals surface area contributed by atoms with Crippen LogP contribution in [0.4, 0.5) is 0 Å². The molecule has 1 aliphatic heterocycles. The van der Waals surface area contributed by atoms with Crippen LogP contribution in [0.25, 0.3) is 27.6 Å².